The normalized spacial score (nSPS) is 11.5. The second kappa shape index (κ2) is 11.5. The lowest BCUT2D eigenvalue weighted by Gasteiger charge is -2.14. The van der Waals surface area contributed by atoms with Gasteiger partial charge in [0.25, 0.3) is 11.8 Å². The maximum Gasteiger partial charge on any atom is 0.255 e. The minimum Gasteiger partial charge on any atom is -0.507 e. The summed E-state index contributed by atoms with van der Waals surface area (Å²) < 4.78 is 16.1. The van der Waals surface area contributed by atoms with Gasteiger partial charge in [-0.25, -0.2) is 0 Å². The van der Waals surface area contributed by atoms with Crippen LogP contribution in [-0.2, 0) is 4.79 Å². The minimum absolute atomic E-state index is 0.0134. The highest BCUT2D eigenvalue weighted by molar-refractivity contribution is 5.95. The third kappa shape index (κ3) is 7.86. The fraction of sp³-hybridized carbons (Fsp3) is 0.300. The molecular formula is C20H25N3O7. The predicted octanol–water partition coefficient (Wildman–Crippen LogP) is -0.236. The molecule has 0 fully saturated rings. The number of amides is 2. The van der Waals surface area contributed by atoms with E-state index in [1.807, 2.05) is 0 Å². The van der Waals surface area contributed by atoms with Crippen molar-refractivity contribution in [2.24, 2.45) is 11.5 Å². The SMILES string of the molecule is NC(=O)COc1ccc(OCC(O)CNCCOc2ccc(O)c(C(N)=O)c2)cc1. The fourth-order valence-electron chi connectivity index (χ4n) is 2.35. The molecule has 0 radical (unpaired) electrons. The van der Waals surface area contributed by atoms with Gasteiger partial charge in [0.05, 0.1) is 5.56 Å². The number of benzene rings is 2. The quantitative estimate of drug-likeness (QED) is 0.277. The molecule has 2 rings (SSSR count). The van der Waals surface area contributed by atoms with E-state index in [2.05, 4.69) is 5.32 Å². The molecule has 2 aromatic carbocycles. The van der Waals surface area contributed by atoms with Gasteiger partial charge in [-0.05, 0) is 42.5 Å². The molecule has 0 heterocycles. The smallest absolute Gasteiger partial charge is 0.255 e. The number of ether oxygens (including phenoxy) is 3. The van der Waals surface area contributed by atoms with Crippen LogP contribution in [0, 0.1) is 0 Å². The van der Waals surface area contributed by atoms with E-state index in [-0.39, 0.29) is 37.7 Å². The third-order valence-corrected chi connectivity index (χ3v) is 3.81. The van der Waals surface area contributed by atoms with Gasteiger partial charge in [-0.1, -0.05) is 0 Å². The largest absolute Gasteiger partial charge is 0.507 e. The van der Waals surface area contributed by atoms with Crippen LogP contribution in [0.4, 0.5) is 0 Å². The van der Waals surface area contributed by atoms with Crippen molar-refractivity contribution < 1.29 is 34.0 Å². The number of nitrogens with two attached hydrogens (primary N) is 2. The molecule has 10 heteroatoms. The van der Waals surface area contributed by atoms with Crippen molar-refractivity contribution in [1.82, 2.24) is 5.32 Å². The molecule has 2 aromatic rings. The standard InChI is InChI=1S/C20H25N3O7/c21-19(26)12-30-15-3-1-14(2-4-15)29-11-13(24)10-23-7-8-28-16-5-6-18(25)17(9-16)20(22)27/h1-6,9,13,23-25H,7-8,10-12H2,(H2,21,26)(H2,22,27). The van der Waals surface area contributed by atoms with E-state index in [9.17, 15) is 19.8 Å². The number of hydrogen-bond acceptors (Lipinski definition) is 8. The van der Waals surface area contributed by atoms with Crippen LogP contribution in [0.3, 0.4) is 0 Å². The van der Waals surface area contributed by atoms with Crippen LogP contribution in [0.2, 0.25) is 0 Å². The molecule has 162 valence electrons. The molecule has 0 spiro atoms. The van der Waals surface area contributed by atoms with Gasteiger partial charge in [-0.2, -0.15) is 0 Å². The van der Waals surface area contributed by atoms with Crippen LogP contribution in [0.15, 0.2) is 42.5 Å². The van der Waals surface area contributed by atoms with Crippen molar-refractivity contribution in [2.75, 3.05) is 32.9 Å². The van der Waals surface area contributed by atoms with E-state index >= 15 is 0 Å². The summed E-state index contributed by atoms with van der Waals surface area (Å²) >= 11 is 0. The van der Waals surface area contributed by atoms with Crippen LogP contribution < -0.4 is 31.0 Å². The Bertz CT molecular complexity index is 843. The highest BCUT2D eigenvalue weighted by Crippen LogP contribution is 2.22. The molecule has 30 heavy (non-hydrogen) atoms. The molecule has 0 aromatic heterocycles. The number of carbonyl (C=O) groups excluding carboxylic acids is 2. The molecule has 0 aliphatic heterocycles. The van der Waals surface area contributed by atoms with Crippen LogP contribution >= 0.6 is 0 Å². The summed E-state index contributed by atoms with van der Waals surface area (Å²) in [6.45, 7) is 0.882. The Morgan fingerprint density at radius 2 is 1.60 bits per heavy atom. The first-order valence-electron chi connectivity index (χ1n) is 9.13. The van der Waals surface area contributed by atoms with Gasteiger partial charge < -0.3 is 41.2 Å². The number of phenols is 1. The fourth-order valence-corrected chi connectivity index (χ4v) is 2.35. The molecule has 1 unspecified atom stereocenters. The molecule has 0 bridgehead atoms. The van der Waals surface area contributed by atoms with Crippen LogP contribution in [-0.4, -0.2) is 61.0 Å². The summed E-state index contributed by atoms with van der Waals surface area (Å²) in [5.41, 5.74) is 10.2. The van der Waals surface area contributed by atoms with E-state index in [0.717, 1.165) is 0 Å². The molecular weight excluding hydrogens is 394 g/mol. The van der Waals surface area contributed by atoms with E-state index < -0.39 is 17.9 Å². The van der Waals surface area contributed by atoms with Gasteiger partial charge in [0.2, 0.25) is 0 Å². The molecule has 2 amide bonds. The maximum absolute atomic E-state index is 11.2. The van der Waals surface area contributed by atoms with Crippen molar-refractivity contribution in [3.8, 4) is 23.0 Å². The number of carbonyl (C=O) groups is 2. The van der Waals surface area contributed by atoms with Gasteiger partial charge in [0.1, 0.15) is 42.3 Å². The lowest BCUT2D eigenvalue weighted by Crippen LogP contribution is -2.33. The Morgan fingerprint density at radius 1 is 0.967 bits per heavy atom. The van der Waals surface area contributed by atoms with Crippen LogP contribution in [0.1, 0.15) is 10.4 Å². The summed E-state index contributed by atoms with van der Waals surface area (Å²) in [6, 6.07) is 10.8. The molecule has 7 N–H and O–H groups in total. The molecule has 10 nitrogen and oxygen atoms in total. The van der Waals surface area contributed by atoms with Crippen molar-refractivity contribution in [3.05, 3.63) is 48.0 Å². The Labute approximate surface area is 173 Å². The van der Waals surface area contributed by atoms with Crippen LogP contribution in [0.5, 0.6) is 23.0 Å². The summed E-state index contributed by atoms with van der Waals surface area (Å²) in [7, 11) is 0. The first kappa shape index (κ1) is 22.8. The maximum atomic E-state index is 11.2. The van der Waals surface area contributed by atoms with Crippen molar-refractivity contribution in [3.63, 3.8) is 0 Å². The Morgan fingerprint density at radius 3 is 2.23 bits per heavy atom. The van der Waals surface area contributed by atoms with Gasteiger partial charge in [0.15, 0.2) is 6.61 Å². The van der Waals surface area contributed by atoms with Gasteiger partial charge >= 0.3 is 0 Å². The van der Waals surface area contributed by atoms with Crippen molar-refractivity contribution in [2.45, 2.75) is 6.10 Å². The monoisotopic (exact) mass is 419 g/mol. The second-order valence-electron chi connectivity index (χ2n) is 6.29. The van der Waals surface area contributed by atoms with Crippen molar-refractivity contribution in [1.29, 1.82) is 0 Å². The highest BCUT2D eigenvalue weighted by atomic mass is 16.5. The number of rotatable bonds is 13. The van der Waals surface area contributed by atoms with Gasteiger partial charge in [-0.3, -0.25) is 9.59 Å². The predicted molar refractivity (Wildman–Crippen MR) is 108 cm³/mol. The zero-order valence-corrected chi connectivity index (χ0v) is 16.2. The van der Waals surface area contributed by atoms with Gasteiger partial charge in [0, 0.05) is 13.1 Å². The Kier molecular flexibility index (Phi) is 8.73. The first-order chi connectivity index (χ1) is 14.3. The summed E-state index contributed by atoms with van der Waals surface area (Å²) in [5.74, 6) is -0.0809. The van der Waals surface area contributed by atoms with Crippen LogP contribution in [0.25, 0.3) is 0 Å². The Balaban J connectivity index is 1.62. The number of primary amides is 2. The zero-order valence-electron chi connectivity index (χ0n) is 16.2. The van der Waals surface area contributed by atoms with Crippen molar-refractivity contribution >= 4 is 11.8 Å². The van der Waals surface area contributed by atoms with Gasteiger partial charge in [-0.15, -0.1) is 0 Å². The molecule has 0 aliphatic rings. The summed E-state index contributed by atoms with van der Waals surface area (Å²) in [6.07, 6.45) is -0.745. The number of aromatic hydroxyl groups is 1. The first-order valence-corrected chi connectivity index (χ1v) is 9.13. The zero-order chi connectivity index (χ0) is 21.9. The third-order valence-electron chi connectivity index (χ3n) is 3.81. The van der Waals surface area contributed by atoms with E-state index in [1.54, 1.807) is 24.3 Å². The lowest BCUT2D eigenvalue weighted by atomic mass is 10.2. The van der Waals surface area contributed by atoms with E-state index in [1.165, 1.54) is 18.2 Å². The number of nitrogens with one attached hydrogen (secondary N) is 1. The van der Waals surface area contributed by atoms with E-state index in [0.29, 0.717) is 23.8 Å². The second-order valence-corrected chi connectivity index (χ2v) is 6.29. The minimum atomic E-state index is -0.745. The molecule has 0 saturated carbocycles. The number of aliphatic hydroxyl groups excluding tert-OH is 1. The summed E-state index contributed by atoms with van der Waals surface area (Å²) in [4.78, 5) is 21.9. The Hall–Kier alpha value is -3.50. The highest BCUT2D eigenvalue weighted by Gasteiger charge is 2.09. The molecule has 0 saturated heterocycles. The average Bonchev–Trinajstić information content (AvgIpc) is 2.72. The average molecular weight is 419 g/mol. The molecule has 0 aliphatic carbocycles. The topological polar surface area (TPSA) is 166 Å². The summed E-state index contributed by atoms with van der Waals surface area (Å²) in [5, 5.41) is 22.5. The van der Waals surface area contributed by atoms with E-state index in [4.69, 9.17) is 25.7 Å². The number of hydrogen-bond donors (Lipinski definition) is 5. The lowest BCUT2D eigenvalue weighted by molar-refractivity contribution is -0.119. The molecule has 1 atom stereocenters. The number of aliphatic hydroxyl groups is 1.